The summed E-state index contributed by atoms with van der Waals surface area (Å²) in [5.74, 6) is 0.712. The molecule has 0 unspecified atom stereocenters. The number of rotatable bonds is 10. The van der Waals surface area contributed by atoms with Gasteiger partial charge in [-0.25, -0.2) is 39.0 Å². The van der Waals surface area contributed by atoms with Crippen molar-refractivity contribution in [2.75, 3.05) is 11.5 Å². The molecule has 2 aliphatic carbocycles. The van der Waals surface area contributed by atoms with Crippen LogP contribution in [0.1, 0.15) is 25.7 Å². The molecule has 0 bridgehead atoms. The lowest BCUT2D eigenvalue weighted by Crippen LogP contribution is -2.09. The van der Waals surface area contributed by atoms with Crippen LogP contribution in [-0.2, 0) is 26.7 Å². The van der Waals surface area contributed by atoms with Gasteiger partial charge < -0.3 is 20.6 Å². The third kappa shape index (κ3) is 4.33. The zero-order valence-corrected chi connectivity index (χ0v) is 20.2. The van der Waals surface area contributed by atoms with Gasteiger partial charge in [-0.05, 0) is 37.8 Å². The van der Waals surface area contributed by atoms with Crippen molar-refractivity contribution in [2.24, 2.45) is 10.8 Å². The van der Waals surface area contributed by atoms with Crippen LogP contribution in [0.3, 0.4) is 0 Å². The van der Waals surface area contributed by atoms with Crippen LogP contribution in [0.15, 0.2) is 50.0 Å². The Bertz CT molecular complexity index is 1410. The number of anilines is 2. The van der Waals surface area contributed by atoms with E-state index in [1.165, 1.54) is 25.2 Å². The topological polar surface area (TPSA) is 175 Å². The van der Waals surface area contributed by atoms with Crippen molar-refractivity contribution in [1.82, 2.24) is 39.0 Å². The molecule has 4 heterocycles. The monoisotopic (exact) mass is 507 g/mol. The lowest BCUT2D eigenvalue weighted by molar-refractivity contribution is 0.349. The van der Waals surface area contributed by atoms with E-state index in [0.29, 0.717) is 47.1 Å². The van der Waals surface area contributed by atoms with Gasteiger partial charge in [0.1, 0.15) is 23.7 Å². The molecule has 36 heavy (non-hydrogen) atoms. The Kier molecular flexibility index (Phi) is 5.29. The molecule has 0 amide bonds. The smallest absolute Gasteiger partial charge is 0.382 e. The summed E-state index contributed by atoms with van der Waals surface area (Å²) in [6.45, 7) is 1.33. The second-order valence-electron chi connectivity index (χ2n) is 9.37. The van der Waals surface area contributed by atoms with Crippen LogP contribution in [0.2, 0.25) is 0 Å². The number of hydrogen-bond acceptors (Lipinski definition) is 11. The number of aromatic nitrogens is 8. The molecule has 0 aliphatic heterocycles. The Morgan fingerprint density at radius 2 is 1.22 bits per heavy atom. The van der Waals surface area contributed by atoms with Gasteiger partial charge in [0.15, 0.2) is 35.5 Å². The first-order valence-electron chi connectivity index (χ1n) is 11.4. The molecule has 0 saturated heterocycles. The number of nitrogens with zero attached hydrogens (tertiary/aromatic N) is 8. The van der Waals surface area contributed by atoms with Gasteiger partial charge in [0.05, 0.1) is 12.7 Å². The highest BCUT2D eigenvalue weighted by Gasteiger charge is 2.42. The SMILES string of the molecule is Nc1ncnc2c1ncn2CC1(C=CO[P+](=O)OC=CC2(Cn3cnc4c(N)ncnc43)CC2)CC1. The first-order chi connectivity index (χ1) is 17.5. The highest BCUT2D eigenvalue weighted by molar-refractivity contribution is 7.33. The summed E-state index contributed by atoms with van der Waals surface area (Å²) in [7, 11) is -2.33. The maximum atomic E-state index is 12.2. The van der Waals surface area contributed by atoms with E-state index in [2.05, 4.69) is 29.9 Å². The molecular weight excluding hydrogens is 483 g/mol. The van der Waals surface area contributed by atoms with E-state index in [0.717, 1.165) is 25.7 Å². The minimum absolute atomic E-state index is 0.0993. The van der Waals surface area contributed by atoms with Crippen molar-refractivity contribution < 1.29 is 13.6 Å². The Balaban J connectivity index is 1.02. The van der Waals surface area contributed by atoms with E-state index in [-0.39, 0.29) is 10.8 Å². The maximum Gasteiger partial charge on any atom is 0.804 e. The summed E-state index contributed by atoms with van der Waals surface area (Å²) in [5.41, 5.74) is 14.1. The van der Waals surface area contributed by atoms with Gasteiger partial charge in [-0.2, -0.15) is 0 Å². The van der Waals surface area contributed by atoms with Crippen LogP contribution >= 0.6 is 8.25 Å². The Morgan fingerprint density at radius 1 is 0.778 bits per heavy atom. The highest BCUT2D eigenvalue weighted by Crippen LogP contribution is 2.50. The fraction of sp³-hybridized carbons (Fsp3) is 0.364. The average molecular weight is 507 g/mol. The fourth-order valence-electron chi connectivity index (χ4n) is 4.26. The van der Waals surface area contributed by atoms with Gasteiger partial charge in [0.25, 0.3) is 0 Å². The van der Waals surface area contributed by atoms with E-state index >= 15 is 0 Å². The summed E-state index contributed by atoms with van der Waals surface area (Å²) in [6.07, 6.45) is 16.9. The predicted octanol–water partition coefficient (Wildman–Crippen LogP) is 3.11. The molecular formula is C22H24N10O3P+. The van der Waals surface area contributed by atoms with Crippen LogP contribution in [0.4, 0.5) is 11.6 Å². The van der Waals surface area contributed by atoms with Crippen LogP contribution in [0.25, 0.3) is 22.3 Å². The van der Waals surface area contributed by atoms with Crippen LogP contribution in [0.5, 0.6) is 0 Å². The summed E-state index contributed by atoms with van der Waals surface area (Å²) in [4.78, 5) is 25.1. The van der Waals surface area contributed by atoms with Crippen molar-refractivity contribution in [2.45, 2.75) is 38.8 Å². The second-order valence-corrected chi connectivity index (χ2v) is 10.2. The molecule has 0 spiro atoms. The molecule has 2 saturated carbocycles. The van der Waals surface area contributed by atoms with E-state index < -0.39 is 8.25 Å². The number of fused-ring (bicyclic) bond motifs is 2. The maximum absolute atomic E-state index is 12.2. The zero-order chi connectivity index (χ0) is 24.8. The molecule has 4 aromatic heterocycles. The van der Waals surface area contributed by atoms with Crippen molar-refractivity contribution in [3.05, 3.63) is 50.0 Å². The Morgan fingerprint density at radius 3 is 1.64 bits per heavy atom. The van der Waals surface area contributed by atoms with Gasteiger partial charge >= 0.3 is 8.25 Å². The third-order valence-corrected chi connectivity index (χ3v) is 7.34. The Hall–Kier alpha value is -4.12. The quantitative estimate of drug-likeness (QED) is 0.238. The number of allylic oxidation sites excluding steroid dienone is 2. The van der Waals surface area contributed by atoms with Crippen LogP contribution in [-0.4, -0.2) is 39.0 Å². The molecule has 13 nitrogen and oxygen atoms in total. The molecule has 2 fully saturated rings. The molecule has 184 valence electrons. The van der Waals surface area contributed by atoms with Crippen molar-refractivity contribution in [3.8, 4) is 0 Å². The standard InChI is InChI=1S/C22H24N10O3P/c23-17-15-19(27-11-25-17)31(13-29-15)9-21(1-2-21)5-7-34-36(33)35-8-6-22(3-4-22)10-32-14-30-16-18(24)26-12-28-20(16)32/h5-8,11-14H,1-4,9-10H2,(H2,23,25,27)(H2,24,26,28)/q+1. The van der Waals surface area contributed by atoms with Crippen LogP contribution < -0.4 is 11.5 Å². The van der Waals surface area contributed by atoms with Gasteiger partial charge in [-0.1, -0.05) is 0 Å². The lowest BCUT2D eigenvalue weighted by atomic mass is 10.1. The number of nitrogen functional groups attached to an aromatic ring is 2. The summed E-state index contributed by atoms with van der Waals surface area (Å²) < 4.78 is 26.7. The molecule has 0 aromatic carbocycles. The van der Waals surface area contributed by atoms with Crippen molar-refractivity contribution in [1.29, 1.82) is 0 Å². The summed E-state index contributed by atoms with van der Waals surface area (Å²) in [5, 5.41) is 0. The highest BCUT2D eigenvalue weighted by atomic mass is 31.1. The largest absolute Gasteiger partial charge is 0.804 e. The average Bonchev–Trinajstić information content (AvgIpc) is 3.71. The minimum Gasteiger partial charge on any atom is -0.382 e. The molecule has 2 aliphatic rings. The van der Waals surface area contributed by atoms with Crippen molar-refractivity contribution >= 4 is 42.2 Å². The first-order valence-corrected chi connectivity index (χ1v) is 12.5. The fourth-order valence-corrected chi connectivity index (χ4v) is 4.63. The molecule has 4 aromatic rings. The molecule has 14 heteroatoms. The third-order valence-electron chi connectivity index (χ3n) is 6.75. The summed E-state index contributed by atoms with van der Waals surface area (Å²) in [6, 6.07) is 0. The molecule has 6 rings (SSSR count). The van der Waals surface area contributed by atoms with Gasteiger partial charge in [0, 0.05) is 28.5 Å². The summed E-state index contributed by atoms with van der Waals surface area (Å²) >= 11 is 0. The molecule has 4 N–H and O–H groups in total. The first kappa shape index (κ1) is 22.4. The van der Waals surface area contributed by atoms with E-state index in [4.69, 9.17) is 20.5 Å². The van der Waals surface area contributed by atoms with Crippen molar-refractivity contribution in [3.63, 3.8) is 0 Å². The van der Waals surface area contributed by atoms with Gasteiger partial charge in [-0.15, -0.1) is 0 Å². The van der Waals surface area contributed by atoms with Crippen LogP contribution in [0, 0.1) is 10.8 Å². The molecule has 0 radical (unpaired) electrons. The second kappa shape index (κ2) is 8.52. The van der Waals surface area contributed by atoms with Gasteiger partial charge in [0.2, 0.25) is 0 Å². The minimum atomic E-state index is -2.33. The number of imidazole rings is 2. The number of hydrogen-bond donors (Lipinski definition) is 2. The Labute approximate surface area is 206 Å². The van der Waals surface area contributed by atoms with E-state index in [1.54, 1.807) is 12.7 Å². The lowest BCUT2D eigenvalue weighted by Gasteiger charge is -2.10. The number of nitrogens with two attached hydrogens (primary N) is 2. The van der Waals surface area contributed by atoms with Gasteiger partial charge in [-0.3, -0.25) is 0 Å². The normalized spacial score (nSPS) is 18.3. The van der Waals surface area contributed by atoms with E-state index in [1.807, 2.05) is 21.3 Å². The zero-order valence-electron chi connectivity index (χ0n) is 19.3. The van der Waals surface area contributed by atoms with E-state index in [9.17, 15) is 4.57 Å². The molecule has 0 atom stereocenters. The predicted molar refractivity (Wildman–Crippen MR) is 131 cm³/mol.